The second-order valence-corrected chi connectivity index (χ2v) is 5.03. The normalized spacial score (nSPS) is 22.9. The fourth-order valence-electron chi connectivity index (χ4n) is 2.61. The van der Waals surface area contributed by atoms with Crippen molar-refractivity contribution in [1.82, 2.24) is 10.2 Å². The van der Waals surface area contributed by atoms with Gasteiger partial charge in [-0.3, -0.25) is 4.79 Å². The highest BCUT2D eigenvalue weighted by atomic mass is 16.5. The van der Waals surface area contributed by atoms with E-state index in [1.54, 1.807) is 0 Å². The molecule has 0 saturated carbocycles. The van der Waals surface area contributed by atoms with Crippen LogP contribution >= 0.6 is 0 Å². The summed E-state index contributed by atoms with van der Waals surface area (Å²) in [5.74, 6) is 0.138. The van der Waals surface area contributed by atoms with Crippen molar-refractivity contribution in [1.29, 1.82) is 0 Å². The lowest BCUT2D eigenvalue weighted by Gasteiger charge is -2.34. The Morgan fingerprint density at radius 3 is 3.06 bits per heavy atom. The molecule has 2 aliphatic heterocycles. The predicted molar refractivity (Wildman–Crippen MR) is 68.3 cm³/mol. The molecule has 1 aromatic carbocycles. The third kappa shape index (κ3) is 2.02. The highest BCUT2D eigenvalue weighted by Gasteiger charge is 2.24. The highest BCUT2D eigenvalue weighted by molar-refractivity contribution is 5.94. The smallest absolute Gasteiger partial charge is 0.254 e. The Hall–Kier alpha value is -1.39. The van der Waals surface area contributed by atoms with E-state index >= 15 is 0 Å². The molecule has 4 heteroatoms. The molecule has 1 aromatic rings. The number of nitrogens with zero attached hydrogens (tertiary/aromatic N) is 1. The number of fused-ring (bicyclic) bond motifs is 1. The summed E-state index contributed by atoms with van der Waals surface area (Å²) in [5.41, 5.74) is 3.15. The van der Waals surface area contributed by atoms with Gasteiger partial charge in [0.15, 0.2) is 0 Å². The molecule has 1 fully saturated rings. The minimum absolute atomic E-state index is 0.138. The molecule has 96 valence electrons. The molecule has 2 heterocycles. The van der Waals surface area contributed by atoms with Crippen molar-refractivity contribution in [3.63, 3.8) is 0 Å². The SMILES string of the molecule is C[C@H]1CNCCN1C(=O)c1ccc2c(c1)COC2. The molecular weight excluding hydrogens is 228 g/mol. The lowest BCUT2D eigenvalue weighted by molar-refractivity contribution is 0.0655. The summed E-state index contributed by atoms with van der Waals surface area (Å²) in [6.45, 7) is 5.93. The van der Waals surface area contributed by atoms with E-state index in [9.17, 15) is 4.79 Å². The summed E-state index contributed by atoms with van der Waals surface area (Å²) >= 11 is 0. The second-order valence-electron chi connectivity index (χ2n) is 5.03. The van der Waals surface area contributed by atoms with Crippen molar-refractivity contribution in [2.45, 2.75) is 26.2 Å². The Labute approximate surface area is 107 Å². The first kappa shape index (κ1) is 11.7. The van der Waals surface area contributed by atoms with E-state index in [2.05, 4.69) is 12.2 Å². The van der Waals surface area contributed by atoms with Crippen molar-refractivity contribution < 1.29 is 9.53 Å². The van der Waals surface area contributed by atoms with Gasteiger partial charge < -0.3 is 15.0 Å². The van der Waals surface area contributed by atoms with Gasteiger partial charge >= 0.3 is 0 Å². The third-order valence-corrected chi connectivity index (χ3v) is 3.73. The number of hydrogen-bond acceptors (Lipinski definition) is 3. The molecule has 1 amide bonds. The lowest BCUT2D eigenvalue weighted by atomic mass is 10.0. The molecule has 1 atom stereocenters. The molecule has 0 unspecified atom stereocenters. The van der Waals surface area contributed by atoms with E-state index < -0.39 is 0 Å². The maximum absolute atomic E-state index is 12.5. The van der Waals surface area contributed by atoms with Gasteiger partial charge in [0.2, 0.25) is 0 Å². The topological polar surface area (TPSA) is 41.6 Å². The van der Waals surface area contributed by atoms with Crippen LogP contribution < -0.4 is 5.32 Å². The van der Waals surface area contributed by atoms with Crippen molar-refractivity contribution in [3.8, 4) is 0 Å². The van der Waals surface area contributed by atoms with Gasteiger partial charge in [-0.05, 0) is 30.2 Å². The summed E-state index contributed by atoms with van der Waals surface area (Å²) in [6, 6.07) is 6.18. The van der Waals surface area contributed by atoms with Crippen LogP contribution in [0.3, 0.4) is 0 Å². The number of nitrogens with one attached hydrogen (secondary N) is 1. The predicted octanol–water partition coefficient (Wildman–Crippen LogP) is 1.15. The number of carbonyl (C=O) groups is 1. The molecule has 1 N–H and O–H groups in total. The number of benzene rings is 1. The zero-order valence-electron chi connectivity index (χ0n) is 10.6. The minimum Gasteiger partial charge on any atom is -0.372 e. The van der Waals surface area contributed by atoms with Crippen LogP contribution in [0.5, 0.6) is 0 Å². The number of hydrogen-bond donors (Lipinski definition) is 1. The highest BCUT2D eigenvalue weighted by Crippen LogP contribution is 2.22. The number of rotatable bonds is 1. The maximum atomic E-state index is 12.5. The Kier molecular flexibility index (Phi) is 3.06. The number of ether oxygens (including phenoxy) is 1. The van der Waals surface area contributed by atoms with Crippen molar-refractivity contribution in [2.75, 3.05) is 19.6 Å². The van der Waals surface area contributed by atoms with Gasteiger partial charge in [0.25, 0.3) is 5.91 Å². The molecular formula is C14H18N2O2. The van der Waals surface area contributed by atoms with Crippen molar-refractivity contribution in [2.24, 2.45) is 0 Å². The molecule has 3 rings (SSSR count). The van der Waals surface area contributed by atoms with Crippen LogP contribution in [0, 0.1) is 0 Å². The summed E-state index contributed by atoms with van der Waals surface area (Å²) in [7, 11) is 0. The van der Waals surface area contributed by atoms with Crippen LogP contribution in [-0.2, 0) is 18.0 Å². The van der Waals surface area contributed by atoms with Crippen molar-refractivity contribution in [3.05, 3.63) is 34.9 Å². The van der Waals surface area contributed by atoms with Crippen LogP contribution in [0.4, 0.5) is 0 Å². The Morgan fingerprint density at radius 2 is 2.22 bits per heavy atom. The van der Waals surface area contributed by atoms with E-state index in [-0.39, 0.29) is 11.9 Å². The van der Waals surface area contributed by atoms with E-state index in [0.717, 1.165) is 30.8 Å². The average molecular weight is 246 g/mol. The first-order valence-corrected chi connectivity index (χ1v) is 6.47. The summed E-state index contributed by atoms with van der Waals surface area (Å²) < 4.78 is 5.38. The summed E-state index contributed by atoms with van der Waals surface area (Å²) in [4.78, 5) is 14.4. The lowest BCUT2D eigenvalue weighted by Crippen LogP contribution is -2.52. The molecule has 1 saturated heterocycles. The second kappa shape index (κ2) is 4.71. The first-order valence-electron chi connectivity index (χ1n) is 6.47. The standard InChI is InChI=1S/C14H18N2O2/c1-10-7-15-4-5-16(10)14(17)11-2-3-12-8-18-9-13(12)6-11/h2-3,6,10,15H,4-5,7-9H2,1H3/t10-/m0/s1. The van der Waals surface area contributed by atoms with E-state index in [4.69, 9.17) is 4.74 Å². The van der Waals surface area contributed by atoms with Gasteiger partial charge in [0.1, 0.15) is 0 Å². The number of amides is 1. The van der Waals surface area contributed by atoms with Gasteiger partial charge in [-0.15, -0.1) is 0 Å². The third-order valence-electron chi connectivity index (χ3n) is 3.73. The van der Waals surface area contributed by atoms with Gasteiger partial charge in [-0.2, -0.15) is 0 Å². The van der Waals surface area contributed by atoms with Crippen molar-refractivity contribution >= 4 is 5.91 Å². The zero-order valence-corrected chi connectivity index (χ0v) is 10.6. The maximum Gasteiger partial charge on any atom is 0.254 e. The summed E-state index contributed by atoms with van der Waals surface area (Å²) in [6.07, 6.45) is 0. The van der Waals surface area contributed by atoms with Gasteiger partial charge in [-0.25, -0.2) is 0 Å². The Balaban J connectivity index is 1.83. The molecule has 0 radical (unpaired) electrons. The van der Waals surface area contributed by atoms with Gasteiger partial charge in [-0.1, -0.05) is 6.07 Å². The average Bonchev–Trinajstić information content (AvgIpc) is 2.85. The Bertz CT molecular complexity index is 473. The molecule has 0 bridgehead atoms. The summed E-state index contributed by atoms with van der Waals surface area (Å²) in [5, 5.41) is 3.30. The largest absolute Gasteiger partial charge is 0.372 e. The number of piperazine rings is 1. The molecule has 4 nitrogen and oxygen atoms in total. The molecule has 0 aromatic heterocycles. The van der Waals surface area contributed by atoms with Crippen LogP contribution in [0.1, 0.15) is 28.4 Å². The van der Waals surface area contributed by atoms with Crippen LogP contribution in [0.2, 0.25) is 0 Å². The van der Waals surface area contributed by atoms with Gasteiger partial charge in [0.05, 0.1) is 13.2 Å². The van der Waals surface area contributed by atoms with Crippen LogP contribution in [-0.4, -0.2) is 36.5 Å². The van der Waals surface area contributed by atoms with Gasteiger partial charge in [0, 0.05) is 31.2 Å². The fourth-order valence-corrected chi connectivity index (χ4v) is 2.61. The zero-order chi connectivity index (χ0) is 12.5. The number of carbonyl (C=O) groups excluding carboxylic acids is 1. The quantitative estimate of drug-likeness (QED) is 0.808. The molecule has 0 aliphatic carbocycles. The van der Waals surface area contributed by atoms with E-state index in [0.29, 0.717) is 13.2 Å². The molecule has 2 aliphatic rings. The fraction of sp³-hybridized carbons (Fsp3) is 0.500. The van der Waals surface area contributed by atoms with Crippen LogP contribution in [0.25, 0.3) is 0 Å². The monoisotopic (exact) mass is 246 g/mol. The molecule has 0 spiro atoms. The van der Waals surface area contributed by atoms with E-state index in [1.807, 2.05) is 23.1 Å². The minimum atomic E-state index is 0.138. The van der Waals surface area contributed by atoms with Crippen LogP contribution in [0.15, 0.2) is 18.2 Å². The Morgan fingerprint density at radius 1 is 1.39 bits per heavy atom. The first-order chi connectivity index (χ1) is 8.75. The van der Waals surface area contributed by atoms with E-state index in [1.165, 1.54) is 5.56 Å². The molecule has 18 heavy (non-hydrogen) atoms.